The van der Waals surface area contributed by atoms with Crippen LogP contribution in [0.5, 0.6) is 0 Å². The number of hydrogen-bond donors (Lipinski definition) is 2. The molecule has 0 bridgehead atoms. The summed E-state index contributed by atoms with van der Waals surface area (Å²) in [5, 5.41) is 15.8. The number of aromatic nitrogens is 3. The fraction of sp³-hybridized carbons (Fsp3) is 0.714. The second-order valence-electron chi connectivity index (χ2n) is 2.86. The normalized spacial score (nSPS) is 13.2. The first-order valence-corrected chi connectivity index (χ1v) is 5.02. The maximum atomic E-state index is 10.9. The van der Waals surface area contributed by atoms with Crippen molar-refractivity contribution >= 4 is 11.8 Å². The van der Waals surface area contributed by atoms with Crippen LogP contribution in [0.25, 0.3) is 0 Å². The lowest BCUT2D eigenvalue weighted by molar-refractivity contribution is 0.192. The highest BCUT2D eigenvalue weighted by Gasteiger charge is 2.04. The Labute approximate surface area is 80.2 Å². The lowest BCUT2D eigenvalue weighted by atomic mass is 10.3. The van der Waals surface area contributed by atoms with Gasteiger partial charge in [0, 0.05) is 12.8 Å². The monoisotopic (exact) mass is 203 g/mol. The third-order valence-corrected chi connectivity index (χ3v) is 2.67. The van der Waals surface area contributed by atoms with Gasteiger partial charge in [0.25, 0.3) is 0 Å². The van der Waals surface area contributed by atoms with Crippen molar-refractivity contribution < 1.29 is 5.11 Å². The number of hydrogen-bond acceptors (Lipinski definition) is 4. The number of aliphatic hydroxyl groups excluding tert-OH is 1. The molecular formula is C7H13N3O2S. The van der Waals surface area contributed by atoms with Crippen LogP contribution in [0.3, 0.4) is 0 Å². The van der Waals surface area contributed by atoms with Gasteiger partial charge in [-0.1, -0.05) is 11.8 Å². The third kappa shape index (κ3) is 2.89. The SMILES string of the molecule is CC(O)CCSc1n[nH]c(=O)n1C. The Balaban J connectivity index is 2.46. The van der Waals surface area contributed by atoms with E-state index in [9.17, 15) is 4.79 Å². The molecule has 0 amide bonds. The van der Waals surface area contributed by atoms with Gasteiger partial charge >= 0.3 is 5.69 Å². The van der Waals surface area contributed by atoms with Gasteiger partial charge in [-0.3, -0.25) is 4.57 Å². The standard InChI is InChI=1S/C7H13N3O2S/c1-5(11)3-4-13-7-9-8-6(12)10(7)2/h5,11H,3-4H2,1-2H3,(H,8,12). The van der Waals surface area contributed by atoms with E-state index in [2.05, 4.69) is 10.2 Å². The van der Waals surface area contributed by atoms with Gasteiger partial charge in [0.1, 0.15) is 0 Å². The highest BCUT2D eigenvalue weighted by molar-refractivity contribution is 7.99. The average molecular weight is 203 g/mol. The molecule has 0 aliphatic heterocycles. The quantitative estimate of drug-likeness (QED) is 0.674. The average Bonchev–Trinajstić information content (AvgIpc) is 2.35. The number of nitrogens with zero attached hydrogens (tertiary/aromatic N) is 2. The molecule has 0 spiro atoms. The van der Waals surface area contributed by atoms with Gasteiger partial charge in [0.2, 0.25) is 0 Å². The molecule has 1 atom stereocenters. The van der Waals surface area contributed by atoms with Crippen LogP contribution in [0, 0.1) is 0 Å². The predicted molar refractivity (Wildman–Crippen MR) is 50.9 cm³/mol. The van der Waals surface area contributed by atoms with Crippen LogP contribution in [-0.2, 0) is 7.05 Å². The smallest absolute Gasteiger partial charge is 0.343 e. The number of rotatable bonds is 4. The van der Waals surface area contributed by atoms with Gasteiger partial charge in [-0.25, -0.2) is 9.89 Å². The molecule has 1 aromatic heterocycles. The molecule has 0 saturated carbocycles. The second kappa shape index (κ2) is 4.48. The van der Waals surface area contributed by atoms with Gasteiger partial charge in [0.15, 0.2) is 5.16 Å². The molecule has 74 valence electrons. The summed E-state index contributed by atoms with van der Waals surface area (Å²) >= 11 is 1.46. The lowest BCUT2D eigenvalue weighted by Gasteiger charge is -2.02. The zero-order valence-corrected chi connectivity index (χ0v) is 8.47. The Bertz CT molecular complexity index is 318. The van der Waals surface area contributed by atoms with Crippen molar-refractivity contribution in [3.63, 3.8) is 0 Å². The summed E-state index contributed by atoms with van der Waals surface area (Å²) in [5.74, 6) is 0.760. The van der Waals surface area contributed by atoms with E-state index in [1.54, 1.807) is 14.0 Å². The zero-order chi connectivity index (χ0) is 9.84. The van der Waals surface area contributed by atoms with Crippen molar-refractivity contribution in [1.29, 1.82) is 0 Å². The Hall–Kier alpha value is -0.750. The fourth-order valence-electron chi connectivity index (χ4n) is 0.782. The molecule has 0 fully saturated rings. The molecular weight excluding hydrogens is 190 g/mol. The Morgan fingerprint density at radius 1 is 1.77 bits per heavy atom. The van der Waals surface area contributed by atoms with E-state index in [1.165, 1.54) is 16.3 Å². The van der Waals surface area contributed by atoms with E-state index in [4.69, 9.17) is 5.11 Å². The Kier molecular flexibility index (Phi) is 3.56. The van der Waals surface area contributed by atoms with Crippen molar-refractivity contribution in [1.82, 2.24) is 14.8 Å². The summed E-state index contributed by atoms with van der Waals surface area (Å²) in [7, 11) is 1.66. The zero-order valence-electron chi connectivity index (χ0n) is 7.65. The van der Waals surface area contributed by atoms with Crippen LogP contribution in [0.4, 0.5) is 0 Å². The minimum atomic E-state index is -0.302. The number of thioether (sulfide) groups is 1. The van der Waals surface area contributed by atoms with Crippen LogP contribution in [-0.4, -0.2) is 31.7 Å². The van der Waals surface area contributed by atoms with Crippen LogP contribution in [0.15, 0.2) is 9.95 Å². The van der Waals surface area contributed by atoms with E-state index in [-0.39, 0.29) is 11.8 Å². The maximum Gasteiger partial charge on any atom is 0.343 e. The van der Waals surface area contributed by atoms with Gasteiger partial charge in [-0.15, -0.1) is 5.10 Å². The van der Waals surface area contributed by atoms with Crippen LogP contribution >= 0.6 is 11.8 Å². The Morgan fingerprint density at radius 2 is 2.46 bits per heavy atom. The molecule has 2 N–H and O–H groups in total. The summed E-state index contributed by atoms with van der Waals surface area (Å²) in [4.78, 5) is 10.9. The summed E-state index contributed by atoms with van der Waals surface area (Å²) in [6.07, 6.45) is 0.398. The summed E-state index contributed by atoms with van der Waals surface area (Å²) < 4.78 is 1.45. The topological polar surface area (TPSA) is 70.9 Å². The maximum absolute atomic E-state index is 10.9. The molecule has 5 nitrogen and oxygen atoms in total. The van der Waals surface area contributed by atoms with Crippen LogP contribution in [0.1, 0.15) is 13.3 Å². The first kappa shape index (κ1) is 10.3. The first-order valence-electron chi connectivity index (χ1n) is 4.03. The second-order valence-corrected chi connectivity index (χ2v) is 3.92. The minimum absolute atomic E-state index is 0.209. The molecule has 13 heavy (non-hydrogen) atoms. The lowest BCUT2D eigenvalue weighted by Crippen LogP contribution is -2.13. The molecule has 0 aliphatic carbocycles. The number of aromatic amines is 1. The molecule has 0 aromatic carbocycles. The summed E-state index contributed by atoms with van der Waals surface area (Å²) in [6, 6.07) is 0. The van der Waals surface area contributed by atoms with Gasteiger partial charge < -0.3 is 5.11 Å². The van der Waals surface area contributed by atoms with E-state index >= 15 is 0 Å². The molecule has 0 radical (unpaired) electrons. The van der Waals surface area contributed by atoms with E-state index in [0.717, 1.165) is 5.75 Å². The van der Waals surface area contributed by atoms with Gasteiger partial charge in [0.05, 0.1) is 6.10 Å². The van der Waals surface area contributed by atoms with E-state index < -0.39 is 0 Å². The highest BCUT2D eigenvalue weighted by Crippen LogP contribution is 2.13. The van der Waals surface area contributed by atoms with Crippen molar-refractivity contribution in [2.75, 3.05) is 5.75 Å². The fourth-order valence-corrected chi connectivity index (χ4v) is 1.81. The third-order valence-electron chi connectivity index (χ3n) is 1.61. The van der Waals surface area contributed by atoms with Crippen molar-refractivity contribution in [2.24, 2.45) is 7.05 Å². The Morgan fingerprint density at radius 3 is 2.92 bits per heavy atom. The first-order chi connectivity index (χ1) is 6.11. The van der Waals surface area contributed by atoms with Crippen molar-refractivity contribution in [3.8, 4) is 0 Å². The molecule has 1 aromatic rings. The largest absolute Gasteiger partial charge is 0.393 e. The van der Waals surface area contributed by atoms with Crippen molar-refractivity contribution in [3.05, 3.63) is 10.5 Å². The molecule has 0 aliphatic rings. The summed E-state index contributed by atoms with van der Waals surface area (Å²) in [5.41, 5.74) is -0.209. The van der Waals surface area contributed by atoms with Crippen molar-refractivity contribution in [2.45, 2.75) is 24.6 Å². The molecule has 1 unspecified atom stereocenters. The molecule has 1 rings (SSSR count). The predicted octanol–water partition coefficient (Wildman–Crippen LogP) is -0.0286. The number of H-pyrrole nitrogens is 1. The van der Waals surface area contributed by atoms with Crippen LogP contribution in [0.2, 0.25) is 0 Å². The van der Waals surface area contributed by atoms with Gasteiger partial charge in [-0.2, -0.15) is 0 Å². The molecule has 6 heteroatoms. The molecule has 1 heterocycles. The summed E-state index contributed by atoms with van der Waals surface area (Å²) in [6.45, 7) is 1.74. The minimum Gasteiger partial charge on any atom is -0.393 e. The number of nitrogens with one attached hydrogen (secondary N) is 1. The highest BCUT2D eigenvalue weighted by atomic mass is 32.2. The molecule has 0 saturated heterocycles. The van der Waals surface area contributed by atoms with E-state index in [0.29, 0.717) is 11.6 Å². The number of aliphatic hydroxyl groups is 1. The van der Waals surface area contributed by atoms with E-state index in [1.807, 2.05) is 0 Å². The van der Waals surface area contributed by atoms with Gasteiger partial charge in [-0.05, 0) is 13.3 Å². The van der Waals surface area contributed by atoms with Crippen LogP contribution < -0.4 is 5.69 Å².